The number of rotatable bonds is 10. The van der Waals surface area contributed by atoms with Crippen molar-refractivity contribution in [3.63, 3.8) is 0 Å². The van der Waals surface area contributed by atoms with E-state index in [4.69, 9.17) is 4.42 Å². The van der Waals surface area contributed by atoms with Gasteiger partial charge in [0, 0.05) is 19.2 Å². The highest BCUT2D eigenvalue weighted by atomic mass is 16.6. The Morgan fingerprint density at radius 2 is 2.00 bits per heavy atom. The molecular formula is C19H25N3O3. The van der Waals surface area contributed by atoms with Crippen LogP contribution in [0.1, 0.15) is 31.2 Å². The Morgan fingerprint density at radius 1 is 1.24 bits per heavy atom. The lowest BCUT2D eigenvalue weighted by molar-refractivity contribution is -0.385. The SMILES string of the molecule is CCN(CC)C(CNC/C=C/c1ccccc1[N+](=O)[O-])c1ccco1. The van der Waals surface area contributed by atoms with Gasteiger partial charge >= 0.3 is 0 Å². The molecule has 0 fully saturated rings. The van der Waals surface area contributed by atoms with Crippen LogP contribution in [0.4, 0.5) is 5.69 Å². The molecule has 1 atom stereocenters. The first-order valence-corrected chi connectivity index (χ1v) is 8.55. The number of hydrogen-bond acceptors (Lipinski definition) is 5. The molecule has 0 radical (unpaired) electrons. The van der Waals surface area contributed by atoms with Crippen molar-refractivity contribution in [2.45, 2.75) is 19.9 Å². The number of likely N-dealkylation sites (N-methyl/N-ethyl adjacent to an activating group) is 1. The van der Waals surface area contributed by atoms with Gasteiger partial charge in [-0.15, -0.1) is 0 Å². The maximum absolute atomic E-state index is 11.0. The summed E-state index contributed by atoms with van der Waals surface area (Å²) in [6, 6.07) is 10.8. The Morgan fingerprint density at radius 3 is 2.64 bits per heavy atom. The molecule has 1 heterocycles. The molecule has 1 N–H and O–H groups in total. The Kier molecular flexibility index (Phi) is 7.37. The van der Waals surface area contributed by atoms with Gasteiger partial charge in [0.15, 0.2) is 0 Å². The van der Waals surface area contributed by atoms with Crippen molar-refractivity contribution in [2.75, 3.05) is 26.2 Å². The maximum Gasteiger partial charge on any atom is 0.276 e. The van der Waals surface area contributed by atoms with Gasteiger partial charge in [-0.25, -0.2) is 0 Å². The molecule has 0 aliphatic carbocycles. The van der Waals surface area contributed by atoms with E-state index < -0.39 is 0 Å². The van der Waals surface area contributed by atoms with E-state index in [0.717, 1.165) is 25.4 Å². The summed E-state index contributed by atoms with van der Waals surface area (Å²) in [5.41, 5.74) is 0.732. The lowest BCUT2D eigenvalue weighted by Gasteiger charge is -2.28. The van der Waals surface area contributed by atoms with Gasteiger partial charge in [-0.1, -0.05) is 38.1 Å². The summed E-state index contributed by atoms with van der Waals surface area (Å²) in [7, 11) is 0. The molecule has 2 rings (SSSR count). The standard InChI is InChI=1S/C19H25N3O3/c1-3-21(4-2)18(19-12-8-14-25-19)15-20-13-7-10-16-9-5-6-11-17(16)22(23)24/h5-12,14,18,20H,3-4,13,15H2,1-2H3/b10-7+. The van der Waals surface area contributed by atoms with E-state index in [1.165, 1.54) is 6.07 Å². The van der Waals surface area contributed by atoms with E-state index in [9.17, 15) is 10.1 Å². The Hall–Kier alpha value is -2.44. The normalized spacial score (nSPS) is 12.8. The minimum absolute atomic E-state index is 0.121. The molecule has 134 valence electrons. The first-order chi connectivity index (χ1) is 12.2. The molecule has 1 unspecified atom stereocenters. The van der Waals surface area contributed by atoms with Crippen molar-refractivity contribution in [3.05, 3.63) is 70.2 Å². The molecule has 1 aromatic heterocycles. The molecular weight excluding hydrogens is 318 g/mol. The van der Waals surface area contributed by atoms with Crippen molar-refractivity contribution in [3.8, 4) is 0 Å². The summed E-state index contributed by atoms with van der Waals surface area (Å²) in [6.07, 6.45) is 5.38. The highest BCUT2D eigenvalue weighted by Crippen LogP contribution is 2.20. The first kappa shape index (κ1) is 18.9. The fraction of sp³-hybridized carbons (Fsp3) is 0.368. The van der Waals surface area contributed by atoms with Crippen LogP contribution in [0.2, 0.25) is 0 Å². The molecule has 0 spiro atoms. The number of nitrogens with one attached hydrogen (secondary N) is 1. The number of para-hydroxylation sites is 1. The zero-order chi connectivity index (χ0) is 18.1. The topological polar surface area (TPSA) is 71.5 Å². The third-order valence-corrected chi connectivity index (χ3v) is 4.16. The predicted octanol–water partition coefficient (Wildman–Crippen LogP) is 3.87. The number of hydrogen-bond donors (Lipinski definition) is 1. The van der Waals surface area contributed by atoms with Crippen LogP contribution >= 0.6 is 0 Å². The van der Waals surface area contributed by atoms with E-state index in [0.29, 0.717) is 12.1 Å². The van der Waals surface area contributed by atoms with Gasteiger partial charge in [0.2, 0.25) is 0 Å². The second kappa shape index (κ2) is 9.76. The van der Waals surface area contributed by atoms with Crippen molar-refractivity contribution >= 4 is 11.8 Å². The van der Waals surface area contributed by atoms with E-state index in [1.807, 2.05) is 18.2 Å². The summed E-state index contributed by atoms with van der Waals surface area (Å²) in [5.74, 6) is 0.943. The highest BCUT2D eigenvalue weighted by molar-refractivity contribution is 5.60. The van der Waals surface area contributed by atoms with E-state index in [2.05, 4.69) is 24.1 Å². The molecule has 0 aliphatic heterocycles. The third-order valence-electron chi connectivity index (χ3n) is 4.16. The van der Waals surface area contributed by atoms with Gasteiger partial charge in [0.1, 0.15) is 5.76 Å². The lowest BCUT2D eigenvalue weighted by Crippen LogP contribution is -2.35. The lowest BCUT2D eigenvalue weighted by atomic mass is 10.1. The average Bonchev–Trinajstić information content (AvgIpc) is 3.15. The first-order valence-electron chi connectivity index (χ1n) is 8.55. The second-order valence-corrected chi connectivity index (χ2v) is 5.63. The highest BCUT2D eigenvalue weighted by Gasteiger charge is 2.19. The molecule has 25 heavy (non-hydrogen) atoms. The third kappa shape index (κ3) is 5.27. The fourth-order valence-electron chi connectivity index (χ4n) is 2.84. The predicted molar refractivity (Wildman–Crippen MR) is 99.4 cm³/mol. The molecule has 2 aromatic rings. The van der Waals surface area contributed by atoms with E-state index in [1.54, 1.807) is 30.5 Å². The Bertz CT molecular complexity index is 679. The number of benzene rings is 1. The van der Waals surface area contributed by atoms with E-state index in [-0.39, 0.29) is 16.7 Å². The smallest absolute Gasteiger partial charge is 0.276 e. The number of nitrogens with zero attached hydrogens (tertiary/aromatic N) is 2. The van der Waals surface area contributed by atoms with Gasteiger partial charge in [-0.3, -0.25) is 15.0 Å². The summed E-state index contributed by atoms with van der Waals surface area (Å²) in [6.45, 7) is 7.52. The van der Waals surface area contributed by atoms with Gasteiger partial charge in [0.25, 0.3) is 5.69 Å². The van der Waals surface area contributed by atoms with Crippen LogP contribution in [0.5, 0.6) is 0 Å². The molecule has 0 bridgehead atoms. The summed E-state index contributed by atoms with van der Waals surface area (Å²) in [4.78, 5) is 13.0. The van der Waals surface area contributed by atoms with Crippen LogP contribution in [0.15, 0.2) is 53.2 Å². The van der Waals surface area contributed by atoms with Crippen molar-refractivity contribution < 1.29 is 9.34 Å². The quantitative estimate of drug-likeness (QED) is 0.403. The molecule has 1 aromatic carbocycles. The number of nitro groups is 1. The molecule has 6 nitrogen and oxygen atoms in total. The van der Waals surface area contributed by atoms with Crippen molar-refractivity contribution in [2.24, 2.45) is 0 Å². The van der Waals surface area contributed by atoms with Gasteiger partial charge < -0.3 is 9.73 Å². The Balaban J connectivity index is 1.93. The zero-order valence-corrected chi connectivity index (χ0v) is 14.7. The van der Waals surface area contributed by atoms with Crippen LogP contribution in [0, 0.1) is 10.1 Å². The van der Waals surface area contributed by atoms with Gasteiger partial charge in [-0.05, 0) is 31.3 Å². The molecule has 0 saturated heterocycles. The summed E-state index contributed by atoms with van der Waals surface area (Å²) in [5, 5.41) is 14.4. The fourth-order valence-corrected chi connectivity index (χ4v) is 2.84. The maximum atomic E-state index is 11.0. The molecule has 0 amide bonds. The van der Waals surface area contributed by atoms with Gasteiger partial charge in [-0.2, -0.15) is 0 Å². The van der Waals surface area contributed by atoms with Crippen LogP contribution in [-0.4, -0.2) is 36.0 Å². The Labute approximate surface area is 148 Å². The number of furan rings is 1. The second-order valence-electron chi connectivity index (χ2n) is 5.63. The summed E-state index contributed by atoms with van der Waals surface area (Å²) < 4.78 is 5.57. The van der Waals surface area contributed by atoms with Crippen molar-refractivity contribution in [1.29, 1.82) is 0 Å². The minimum atomic E-state index is -0.361. The van der Waals surface area contributed by atoms with Crippen LogP contribution in [0.25, 0.3) is 6.08 Å². The van der Waals surface area contributed by atoms with Crippen LogP contribution < -0.4 is 5.32 Å². The zero-order valence-electron chi connectivity index (χ0n) is 14.7. The monoisotopic (exact) mass is 343 g/mol. The molecule has 0 aliphatic rings. The van der Waals surface area contributed by atoms with Crippen molar-refractivity contribution in [1.82, 2.24) is 10.2 Å². The van der Waals surface area contributed by atoms with Crippen LogP contribution in [-0.2, 0) is 0 Å². The molecule has 6 heteroatoms. The van der Waals surface area contributed by atoms with Crippen LogP contribution in [0.3, 0.4) is 0 Å². The van der Waals surface area contributed by atoms with E-state index >= 15 is 0 Å². The minimum Gasteiger partial charge on any atom is -0.468 e. The largest absolute Gasteiger partial charge is 0.468 e. The number of nitro benzene ring substituents is 1. The van der Waals surface area contributed by atoms with Gasteiger partial charge in [0.05, 0.1) is 22.8 Å². The summed E-state index contributed by atoms with van der Waals surface area (Å²) >= 11 is 0. The molecule has 0 saturated carbocycles. The average molecular weight is 343 g/mol.